The number of rotatable bonds is 4. The summed E-state index contributed by atoms with van der Waals surface area (Å²) >= 11 is 0. The van der Waals surface area contributed by atoms with Crippen LogP contribution in [0.4, 0.5) is 0 Å². The van der Waals surface area contributed by atoms with Crippen LogP contribution in [-0.2, 0) is 0 Å². The third-order valence-corrected chi connectivity index (χ3v) is 3.03. The maximum absolute atomic E-state index is 12.2. The molecule has 0 fully saturated rings. The fourth-order valence-electron chi connectivity index (χ4n) is 1.96. The predicted octanol–water partition coefficient (Wildman–Crippen LogP) is 1.85. The summed E-state index contributed by atoms with van der Waals surface area (Å²) in [6.45, 7) is -0.180. The molecule has 0 atom stereocenters. The SMILES string of the molecule is O=C(O)c1cc2c(cn1)ncn2C(=O)COc1ccccc1. The van der Waals surface area contributed by atoms with Crippen molar-refractivity contribution in [3.05, 3.63) is 54.6 Å². The van der Waals surface area contributed by atoms with Crippen molar-refractivity contribution >= 4 is 22.9 Å². The molecule has 7 heteroatoms. The first kappa shape index (κ1) is 13.7. The first-order chi connectivity index (χ1) is 10.6. The number of carbonyl (C=O) groups excluding carboxylic acids is 1. The molecule has 7 nitrogen and oxygen atoms in total. The second kappa shape index (κ2) is 5.65. The number of hydrogen-bond donors (Lipinski definition) is 1. The molecule has 1 N–H and O–H groups in total. The van der Waals surface area contributed by atoms with Crippen molar-refractivity contribution in [3.63, 3.8) is 0 Å². The Morgan fingerprint density at radius 2 is 1.95 bits per heavy atom. The van der Waals surface area contributed by atoms with Crippen LogP contribution in [0.1, 0.15) is 15.3 Å². The van der Waals surface area contributed by atoms with E-state index >= 15 is 0 Å². The van der Waals surface area contributed by atoms with Gasteiger partial charge in [-0.1, -0.05) is 18.2 Å². The summed E-state index contributed by atoms with van der Waals surface area (Å²) in [5.41, 5.74) is 0.679. The maximum atomic E-state index is 12.2. The minimum absolute atomic E-state index is 0.147. The molecule has 110 valence electrons. The number of fused-ring (bicyclic) bond motifs is 1. The van der Waals surface area contributed by atoms with Gasteiger partial charge in [0.1, 0.15) is 23.3 Å². The van der Waals surface area contributed by atoms with Crippen LogP contribution in [-0.4, -0.2) is 38.1 Å². The van der Waals surface area contributed by atoms with Crippen LogP contribution in [0.5, 0.6) is 5.75 Å². The highest BCUT2D eigenvalue weighted by Crippen LogP contribution is 2.14. The molecule has 3 aromatic rings. The predicted molar refractivity (Wildman–Crippen MR) is 77.1 cm³/mol. The number of carbonyl (C=O) groups is 2. The number of imidazole rings is 1. The van der Waals surface area contributed by atoms with Gasteiger partial charge in [0.15, 0.2) is 6.61 Å². The summed E-state index contributed by atoms with van der Waals surface area (Å²) in [6, 6.07) is 10.2. The summed E-state index contributed by atoms with van der Waals surface area (Å²) in [7, 11) is 0. The molecule has 3 rings (SSSR count). The number of ether oxygens (including phenoxy) is 1. The van der Waals surface area contributed by atoms with Crippen LogP contribution in [0.2, 0.25) is 0 Å². The Hall–Kier alpha value is -3.22. The third kappa shape index (κ3) is 2.64. The Morgan fingerprint density at radius 1 is 1.18 bits per heavy atom. The van der Waals surface area contributed by atoms with Crippen LogP contribution in [0.15, 0.2) is 48.9 Å². The summed E-state index contributed by atoms with van der Waals surface area (Å²) in [5.74, 6) is -0.940. The van der Waals surface area contributed by atoms with Crippen molar-refractivity contribution in [2.75, 3.05) is 6.61 Å². The molecule has 0 amide bonds. The number of carboxylic acid groups (broad SMARTS) is 1. The summed E-state index contributed by atoms with van der Waals surface area (Å²) in [4.78, 5) is 30.9. The molecule has 22 heavy (non-hydrogen) atoms. The quantitative estimate of drug-likeness (QED) is 0.789. The van der Waals surface area contributed by atoms with E-state index in [1.54, 1.807) is 24.3 Å². The molecule has 0 radical (unpaired) electrons. The van der Waals surface area contributed by atoms with Gasteiger partial charge < -0.3 is 9.84 Å². The molecule has 2 heterocycles. The van der Waals surface area contributed by atoms with Gasteiger partial charge >= 0.3 is 5.97 Å². The Balaban J connectivity index is 1.84. The molecule has 0 aliphatic heterocycles. The monoisotopic (exact) mass is 297 g/mol. The summed E-state index contributed by atoms with van der Waals surface area (Å²) in [5, 5.41) is 8.96. The number of pyridine rings is 1. The van der Waals surface area contributed by atoms with Crippen molar-refractivity contribution in [2.24, 2.45) is 0 Å². The Labute approximate surface area is 124 Å². The standard InChI is InChI=1S/C15H11N3O4/c19-14(8-22-10-4-2-1-3-5-10)18-9-17-12-7-16-11(15(20)21)6-13(12)18/h1-7,9H,8H2,(H,20,21). The van der Waals surface area contributed by atoms with E-state index in [1.807, 2.05) is 6.07 Å². The zero-order valence-electron chi connectivity index (χ0n) is 11.3. The fraction of sp³-hybridized carbons (Fsp3) is 0.0667. The first-order valence-corrected chi connectivity index (χ1v) is 6.42. The van der Waals surface area contributed by atoms with E-state index in [0.29, 0.717) is 16.8 Å². The highest BCUT2D eigenvalue weighted by Gasteiger charge is 2.14. The maximum Gasteiger partial charge on any atom is 0.354 e. The second-order valence-corrected chi connectivity index (χ2v) is 4.47. The van der Waals surface area contributed by atoms with Crippen LogP contribution in [0.3, 0.4) is 0 Å². The van der Waals surface area contributed by atoms with Gasteiger partial charge in [-0.25, -0.2) is 14.8 Å². The van der Waals surface area contributed by atoms with Crippen molar-refractivity contribution < 1.29 is 19.4 Å². The van der Waals surface area contributed by atoms with E-state index < -0.39 is 5.97 Å². The van der Waals surface area contributed by atoms with E-state index in [2.05, 4.69) is 9.97 Å². The normalized spacial score (nSPS) is 10.5. The lowest BCUT2D eigenvalue weighted by Gasteiger charge is -2.06. The van der Waals surface area contributed by atoms with Gasteiger partial charge in [-0.05, 0) is 18.2 Å². The van der Waals surface area contributed by atoms with Crippen LogP contribution < -0.4 is 4.74 Å². The Bertz CT molecular complexity index is 842. The van der Waals surface area contributed by atoms with Crippen LogP contribution in [0.25, 0.3) is 11.0 Å². The van der Waals surface area contributed by atoms with E-state index in [4.69, 9.17) is 9.84 Å². The first-order valence-electron chi connectivity index (χ1n) is 6.42. The number of aromatic nitrogens is 3. The Morgan fingerprint density at radius 3 is 2.68 bits per heavy atom. The molecule has 1 aromatic carbocycles. The molecule has 0 bridgehead atoms. The number of aromatic carboxylic acids is 1. The Kier molecular flexibility index (Phi) is 3.53. The van der Waals surface area contributed by atoms with Gasteiger partial charge in [0.05, 0.1) is 11.7 Å². The van der Waals surface area contributed by atoms with Gasteiger partial charge in [0.25, 0.3) is 5.91 Å². The van der Waals surface area contributed by atoms with E-state index in [9.17, 15) is 9.59 Å². The summed E-state index contributed by atoms with van der Waals surface area (Å²) < 4.78 is 6.64. The second-order valence-electron chi connectivity index (χ2n) is 4.47. The lowest BCUT2D eigenvalue weighted by Crippen LogP contribution is -2.18. The molecule has 0 spiro atoms. The van der Waals surface area contributed by atoms with Gasteiger partial charge in [-0.15, -0.1) is 0 Å². The van der Waals surface area contributed by atoms with Crippen LogP contribution in [0, 0.1) is 0 Å². The number of carboxylic acids is 1. The fourth-order valence-corrected chi connectivity index (χ4v) is 1.96. The van der Waals surface area contributed by atoms with Crippen LogP contribution >= 0.6 is 0 Å². The molecule has 0 aliphatic carbocycles. The number of hydrogen-bond acceptors (Lipinski definition) is 5. The van der Waals surface area contributed by atoms with E-state index in [1.165, 1.54) is 23.2 Å². The van der Waals surface area contributed by atoms with Crippen molar-refractivity contribution in [3.8, 4) is 5.75 Å². The van der Waals surface area contributed by atoms with Gasteiger partial charge in [0, 0.05) is 0 Å². The molecule has 0 saturated carbocycles. The molecule has 0 aliphatic rings. The smallest absolute Gasteiger partial charge is 0.354 e. The van der Waals surface area contributed by atoms with E-state index in [0.717, 1.165) is 0 Å². The zero-order valence-corrected chi connectivity index (χ0v) is 11.3. The molecular formula is C15H11N3O4. The van der Waals surface area contributed by atoms with Gasteiger partial charge in [0.2, 0.25) is 0 Å². The zero-order chi connectivity index (χ0) is 15.5. The molecule has 2 aromatic heterocycles. The van der Waals surface area contributed by atoms with Gasteiger partial charge in [-0.2, -0.15) is 0 Å². The minimum atomic E-state index is -1.16. The lowest BCUT2D eigenvalue weighted by atomic mass is 10.3. The number of para-hydroxylation sites is 1. The highest BCUT2D eigenvalue weighted by molar-refractivity contribution is 5.94. The lowest BCUT2D eigenvalue weighted by molar-refractivity contribution is 0.0690. The van der Waals surface area contributed by atoms with Crippen molar-refractivity contribution in [2.45, 2.75) is 0 Å². The third-order valence-electron chi connectivity index (χ3n) is 3.03. The average molecular weight is 297 g/mol. The topological polar surface area (TPSA) is 94.3 Å². The highest BCUT2D eigenvalue weighted by atomic mass is 16.5. The number of nitrogens with zero attached hydrogens (tertiary/aromatic N) is 3. The molecule has 0 unspecified atom stereocenters. The van der Waals surface area contributed by atoms with Crippen molar-refractivity contribution in [1.29, 1.82) is 0 Å². The average Bonchev–Trinajstić information content (AvgIpc) is 2.96. The summed E-state index contributed by atoms with van der Waals surface area (Å²) in [6.07, 6.45) is 2.65. The minimum Gasteiger partial charge on any atom is -0.484 e. The molecule has 0 saturated heterocycles. The van der Waals surface area contributed by atoms with Crippen molar-refractivity contribution in [1.82, 2.24) is 14.5 Å². The molecular weight excluding hydrogens is 286 g/mol. The number of benzene rings is 1. The van der Waals surface area contributed by atoms with E-state index in [-0.39, 0.29) is 18.2 Å². The largest absolute Gasteiger partial charge is 0.484 e. The van der Waals surface area contributed by atoms with Gasteiger partial charge in [-0.3, -0.25) is 9.36 Å².